The molecule has 94 valence electrons. The van der Waals surface area contributed by atoms with Crippen LogP contribution in [0.3, 0.4) is 0 Å². The molecule has 0 spiro atoms. The van der Waals surface area contributed by atoms with Gasteiger partial charge < -0.3 is 20.2 Å². The van der Waals surface area contributed by atoms with Gasteiger partial charge in [0.1, 0.15) is 0 Å². The molecule has 1 aliphatic heterocycles. The van der Waals surface area contributed by atoms with Crippen LogP contribution in [0.25, 0.3) is 0 Å². The highest BCUT2D eigenvalue weighted by Gasteiger charge is 2.21. The van der Waals surface area contributed by atoms with Crippen LogP contribution in [0, 0.1) is 16.0 Å². The molecular formula is C10H16N4O3. The third kappa shape index (κ3) is 2.73. The molecule has 7 nitrogen and oxygen atoms in total. The van der Waals surface area contributed by atoms with Gasteiger partial charge in [0.05, 0.1) is 6.61 Å². The Labute approximate surface area is 98.9 Å². The van der Waals surface area contributed by atoms with Gasteiger partial charge in [-0.05, 0) is 28.7 Å². The smallest absolute Gasteiger partial charge is 0.381 e. The number of aromatic nitrogens is 2. The topological polar surface area (TPSA) is 82.2 Å². The average Bonchev–Trinajstić information content (AvgIpc) is 2.69. The highest BCUT2D eigenvalue weighted by Crippen LogP contribution is 2.22. The standard InChI is InChI=1S/C10H16N4O3/c1-13-7-12-10(14(15)16)9(13)11-5-8-3-2-4-17-6-8/h7-8,11H,2-6H2,1H3. The minimum atomic E-state index is -0.473. The second kappa shape index (κ2) is 5.13. The molecule has 0 bridgehead atoms. The Morgan fingerprint density at radius 3 is 3.24 bits per heavy atom. The monoisotopic (exact) mass is 240 g/mol. The number of ether oxygens (including phenoxy) is 1. The summed E-state index contributed by atoms with van der Waals surface area (Å²) in [5, 5.41) is 13.8. The van der Waals surface area contributed by atoms with Gasteiger partial charge in [-0.15, -0.1) is 0 Å². The van der Waals surface area contributed by atoms with E-state index in [0.717, 1.165) is 26.1 Å². The molecule has 2 heterocycles. The quantitative estimate of drug-likeness (QED) is 0.631. The number of rotatable bonds is 4. The Hall–Kier alpha value is -1.63. The molecule has 1 fully saturated rings. The molecule has 1 atom stereocenters. The SMILES string of the molecule is Cn1cnc([N+](=O)[O-])c1NCC1CCCOC1. The maximum Gasteiger partial charge on any atom is 0.406 e. The van der Waals surface area contributed by atoms with Gasteiger partial charge in [-0.2, -0.15) is 0 Å². The zero-order chi connectivity index (χ0) is 12.3. The van der Waals surface area contributed by atoms with Crippen LogP contribution in [0.5, 0.6) is 0 Å². The fraction of sp³-hybridized carbons (Fsp3) is 0.700. The first-order valence-corrected chi connectivity index (χ1v) is 5.66. The molecule has 0 radical (unpaired) electrons. The fourth-order valence-electron chi connectivity index (χ4n) is 1.96. The predicted octanol–water partition coefficient (Wildman–Crippen LogP) is 1.17. The summed E-state index contributed by atoms with van der Waals surface area (Å²) in [6, 6.07) is 0. The Morgan fingerprint density at radius 2 is 2.59 bits per heavy atom. The summed E-state index contributed by atoms with van der Waals surface area (Å²) in [4.78, 5) is 14.0. The van der Waals surface area contributed by atoms with Crippen molar-refractivity contribution in [2.24, 2.45) is 13.0 Å². The molecule has 0 aromatic carbocycles. The minimum Gasteiger partial charge on any atom is -0.381 e. The largest absolute Gasteiger partial charge is 0.406 e. The first-order chi connectivity index (χ1) is 8.18. The molecule has 0 amide bonds. The van der Waals surface area contributed by atoms with E-state index in [9.17, 15) is 10.1 Å². The maximum atomic E-state index is 10.8. The number of hydrogen-bond acceptors (Lipinski definition) is 5. The van der Waals surface area contributed by atoms with E-state index < -0.39 is 4.92 Å². The minimum absolute atomic E-state index is 0.121. The summed E-state index contributed by atoms with van der Waals surface area (Å²) in [5.41, 5.74) is 0. The van der Waals surface area contributed by atoms with E-state index in [1.54, 1.807) is 11.6 Å². The van der Waals surface area contributed by atoms with Crippen molar-refractivity contribution < 1.29 is 9.66 Å². The summed E-state index contributed by atoms with van der Waals surface area (Å²) in [7, 11) is 1.74. The number of aryl methyl sites for hydroxylation is 1. The summed E-state index contributed by atoms with van der Waals surface area (Å²) < 4.78 is 6.99. The number of nitro groups is 1. The molecule has 1 aromatic rings. The van der Waals surface area contributed by atoms with Crippen molar-refractivity contribution in [3.8, 4) is 0 Å². The van der Waals surface area contributed by atoms with Crippen molar-refractivity contribution in [3.63, 3.8) is 0 Å². The van der Waals surface area contributed by atoms with Crippen molar-refractivity contribution in [2.45, 2.75) is 12.8 Å². The van der Waals surface area contributed by atoms with Gasteiger partial charge in [0.2, 0.25) is 12.1 Å². The zero-order valence-corrected chi connectivity index (χ0v) is 9.76. The van der Waals surface area contributed by atoms with Crippen LogP contribution in [0.4, 0.5) is 11.6 Å². The summed E-state index contributed by atoms with van der Waals surface area (Å²) in [5.74, 6) is 0.753. The Kier molecular flexibility index (Phi) is 3.58. The van der Waals surface area contributed by atoms with Gasteiger partial charge in [-0.1, -0.05) is 0 Å². The lowest BCUT2D eigenvalue weighted by atomic mass is 10.0. The van der Waals surface area contributed by atoms with Gasteiger partial charge in [0.15, 0.2) is 0 Å². The highest BCUT2D eigenvalue weighted by molar-refractivity contribution is 5.51. The summed E-state index contributed by atoms with van der Waals surface area (Å²) in [6.45, 7) is 2.22. The van der Waals surface area contributed by atoms with Gasteiger partial charge in [0.25, 0.3) is 0 Å². The number of nitrogens with zero attached hydrogens (tertiary/aromatic N) is 3. The van der Waals surface area contributed by atoms with E-state index in [1.807, 2.05) is 0 Å². The van der Waals surface area contributed by atoms with Crippen LogP contribution < -0.4 is 5.32 Å². The Bertz CT molecular complexity index is 398. The third-order valence-corrected chi connectivity index (χ3v) is 2.90. The van der Waals surface area contributed by atoms with Crippen molar-refractivity contribution >= 4 is 11.6 Å². The van der Waals surface area contributed by atoms with Crippen LogP contribution in [0.1, 0.15) is 12.8 Å². The van der Waals surface area contributed by atoms with E-state index in [1.165, 1.54) is 6.33 Å². The molecular weight excluding hydrogens is 224 g/mol. The lowest BCUT2D eigenvalue weighted by Crippen LogP contribution is -2.25. The van der Waals surface area contributed by atoms with Crippen molar-refractivity contribution in [1.82, 2.24) is 9.55 Å². The Balaban J connectivity index is 1.97. The van der Waals surface area contributed by atoms with E-state index in [4.69, 9.17) is 4.74 Å². The summed E-state index contributed by atoms with van der Waals surface area (Å²) in [6.07, 6.45) is 3.59. The zero-order valence-electron chi connectivity index (χ0n) is 9.76. The average molecular weight is 240 g/mol. The molecule has 1 aliphatic rings. The second-order valence-corrected chi connectivity index (χ2v) is 4.25. The molecule has 1 aromatic heterocycles. The van der Waals surface area contributed by atoms with Gasteiger partial charge in [0, 0.05) is 20.2 Å². The van der Waals surface area contributed by atoms with E-state index >= 15 is 0 Å². The molecule has 7 heteroatoms. The molecule has 1 saturated heterocycles. The van der Waals surface area contributed by atoms with E-state index in [2.05, 4.69) is 10.3 Å². The van der Waals surface area contributed by atoms with Gasteiger partial charge in [-0.3, -0.25) is 4.57 Å². The predicted molar refractivity (Wildman–Crippen MR) is 61.9 cm³/mol. The van der Waals surface area contributed by atoms with Crippen LogP contribution in [-0.4, -0.2) is 34.2 Å². The molecule has 0 saturated carbocycles. The van der Waals surface area contributed by atoms with Gasteiger partial charge >= 0.3 is 5.82 Å². The second-order valence-electron chi connectivity index (χ2n) is 4.25. The molecule has 1 unspecified atom stereocenters. The van der Waals surface area contributed by atoms with E-state index in [-0.39, 0.29) is 5.82 Å². The highest BCUT2D eigenvalue weighted by atomic mass is 16.6. The summed E-state index contributed by atoms with van der Waals surface area (Å²) >= 11 is 0. The van der Waals surface area contributed by atoms with E-state index in [0.29, 0.717) is 18.3 Å². The van der Waals surface area contributed by atoms with Gasteiger partial charge in [-0.25, -0.2) is 0 Å². The number of hydrogen-bond donors (Lipinski definition) is 1. The van der Waals surface area contributed by atoms with Crippen LogP contribution in [0.15, 0.2) is 6.33 Å². The first-order valence-electron chi connectivity index (χ1n) is 5.66. The van der Waals surface area contributed by atoms with Crippen molar-refractivity contribution in [1.29, 1.82) is 0 Å². The number of imidazole rings is 1. The molecule has 17 heavy (non-hydrogen) atoms. The normalized spacial score (nSPS) is 20.2. The first kappa shape index (κ1) is 11.8. The third-order valence-electron chi connectivity index (χ3n) is 2.90. The van der Waals surface area contributed by atoms with Crippen LogP contribution >= 0.6 is 0 Å². The number of anilines is 1. The molecule has 1 N–H and O–H groups in total. The lowest BCUT2D eigenvalue weighted by molar-refractivity contribution is -0.388. The van der Waals surface area contributed by atoms with Crippen molar-refractivity contribution in [3.05, 3.63) is 16.4 Å². The fourth-order valence-corrected chi connectivity index (χ4v) is 1.96. The lowest BCUT2D eigenvalue weighted by Gasteiger charge is -2.22. The number of nitrogens with one attached hydrogen (secondary N) is 1. The molecule has 0 aliphatic carbocycles. The van der Waals surface area contributed by atoms with Crippen molar-refractivity contribution in [2.75, 3.05) is 25.1 Å². The Morgan fingerprint density at radius 1 is 1.76 bits per heavy atom. The van der Waals surface area contributed by atoms with Crippen LogP contribution in [-0.2, 0) is 11.8 Å². The molecule has 2 rings (SSSR count). The maximum absolute atomic E-state index is 10.8. The van der Waals surface area contributed by atoms with Crippen LogP contribution in [0.2, 0.25) is 0 Å².